The summed E-state index contributed by atoms with van der Waals surface area (Å²) < 4.78 is 37.5. The lowest BCUT2D eigenvalue weighted by molar-refractivity contribution is -0.143. The number of carbonyl (C=O) groups is 1. The summed E-state index contributed by atoms with van der Waals surface area (Å²) in [6, 6.07) is 0. The highest BCUT2D eigenvalue weighted by atomic mass is 16.5. The fraction of sp³-hybridized carbons (Fsp3) is 0.708. The van der Waals surface area contributed by atoms with Gasteiger partial charge in [-0.2, -0.15) is 0 Å². The van der Waals surface area contributed by atoms with E-state index < -0.39 is 37.3 Å². The minimum atomic E-state index is -2.38. The Kier molecular flexibility index (Phi) is 7.07. The zero-order valence-electron chi connectivity index (χ0n) is 21.1. The molecule has 0 saturated heterocycles. The lowest BCUT2D eigenvalue weighted by Crippen LogP contribution is -2.19. The summed E-state index contributed by atoms with van der Waals surface area (Å²) in [6.07, 6.45) is 0.810. The Labute approximate surface area is 175 Å². The maximum atomic E-state index is 11.7. The molecule has 2 saturated carbocycles. The standard InChI is InChI=1S/C24H36O4/c1-4-6-9-17(3)22(25)13-12-20-21-15-18(14-19(21)16-23(20)26)10-7-8-11-24(27)28-5-2/h10,12-13,17,19-23,25-26H,5,7-9,11,14-16H2,1-3H3/b13-12+,18-10+/t17?,19-,20+,21-,22+,23+/m0/s1/i7D2,8D2. The van der Waals surface area contributed by atoms with Crippen LogP contribution in [0.2, 0.25) is 0 Å². The predicted molar refractivity (Wildman–Crippen MR) is 111 cm³/mol. The molecule has 0 radical (unpaired) electrons. The Balaban J connectivity index is 2.08. The number of rotatable bonds is 9. The molecule has 1 unspecified atom stereocenters. The van der Waals surface area contributed by atoms with Crippen molar-refractivity contribution in [3.05, 3.63) is 23.8 Å². The molecule has 28 heavy (non-hydrogen) atoms. The van der Waals surface area contributed by atoms with Gasteiger partial charge in [-0.05, 0) is 63.6 Å². The first-order chi connectivity index (χ1) is 14.9. The topological polar surface area (TPSA) is 66.8 Å². The second-order valence-electron chi connectivity index (χ2n) is 7.80. The highest BCUT2D eigenvalue weighted by Crippen LogP contribution is 2.50. The second kappa shape index (κ2) is 11.4. The normalized spacial score (nSPS) is 33.2. The van der Waals surface area contributed by atoms with Crippen molar-refractivity contribution in [3.63, 3.8) is 0 Å². The van der Waals surface area contributed by atoms with Crippen LogP contribution < -0.4 is 0 Å². The van der Waals surface area contributed by atoms with Crippen molar-refractivity contribution < 1.29 is 25.2 Å². The monoisotopic (exact) mass is 392 g/mol. The van der Waals surface area contributed by atoms with E-state index in [-0.39, 0.29) is 30.3 Å². The number of carbonyl (C=O) groups excluding carboxylic acids is 1. The summed E-state index contributed by atoms with van der Waals surface area (Å²) in [5, 5.41) is 20.9. The number of aliphatic hydroxyl groups excluding tert-OH is 2. The molecule has 0 aromatic rings. The number of hydrogen-bond donors (Lipinski definition) is 2. The molecule has 0 aromatic carbocycles. The fourth-order valence-corrected chi connectivity index (χ4v) is 4.19. The maximum absolute atomic E-state index is 11.7. The average Bonchev–Trinajstić information content (AvgIpc) is 3.19. The van der Waals surface area contributed by atoms with E-state index in [9.17, 15) is 15.0 Å². The first-order valence-electron chi connectivity index (χ1n) is 12.2. The SMILES string of the molecule is [2H]C([2H])(/C=C1\C[C@H]2C[C@@H](O)[C@H](/C=C/[C@@H](O)C(C)CC#CC)[C@H]2C1)C([2H])([2H])CC(=O)OCC. The Morgan fingerprint density at radius 2 is 2.25 bits per heavy atom. The summed E-state index contributed by atoms with van der Waals surface area (Å²) in [7, 11) is 0. The third kappa shape index (κ3) is 6.50. The maximum Gasteiger partial charge on any atom is 0.305 e. The molecule has 2 aliphatic carbocycles. The molecule has 4 nitrogen and oxygen atoms in total. The summed E-state index contributed by atoms with van der Waals surface area (Å²) in [6.45, 7) is 5.44. The van der Waals surface area contributed by atoms with Gasteiger partial charge < -0.3 is 14.9 Å². The third-order valence-corrected chi connectivity index (χ3v) is 5.74. The summed E-state index contributed by atoms with van der Waals surface area (Å²) in [4.78, 5) is 11.7. The van der Waals surface area contributed by atoms with Crippen molar-refractivity contribution in [3.8, 4) is 11.8 Å². The summed E-state index contributed by atoms with van der Waals surface area (Å²) in [5.74, 6) is 5.20. The molecule has 0 heterocycles. The molecule has 4 heteroatoms. The lowest BCUT2D eigenvalue weighted by atomic mass is 9.89. The van der Waals surface area contributed by atoms with Crippen molar-refractivity contribution >= 4 is 5.97 Å². The number of fused-ring (bicyclic) bond motifs is 1. The molecule has 2 rings (SSSR count). The molecule has 2 aliphatic rings. The number of esters is 1. The van der Waals surface area contributed by atoms with Gasteiger partial charge in [0.15, 0.2) is 0 Å². The van der Waals surface area contributed by atoms with Gasteiger partial charge in [0.25, 0.3) is 0 Å². The van der Waals surface area contributed by atoms with Crippen LogP contribution in [0.5, 0.6) is 0 Å². The number of hydrogen-bond acceptors (Lipinski definition) is 4. The van der Waals surface area contributed by atoms with E-state index in [2.05, 4.69) is 11.8 Å². The van der Waals surface area contributed by atoms with E-state index in [0.717, 1.165) is 5.57 Å². The van der Waals surface area contributed by atoms with E-state index in [1.807, 2.05) is 13.0 Å². The van der Waals surface area contributed by atoms with Crippen molar-refractivity contribution in [2.75, 3.05) is 6.61 Å². The van der Waals surface area contributed by atoms with Crippen molar-refractivity contribution in [1.82, 2.24) is 0 Å². The van der Waals surface area contributed by atoms with Crippen molar-refractivity contribution in [2.24, 2.45) is 23.7 Å². The van der Waals surface area contributed by atoms with E-state index >= 15 is 0 Å². The molecule has 0 aliphatic heterocycles. The molecule has 0 spiro atoms. The molecular weight excluding hydrogens is 352 g/mol. The van der Waals surface area contributed by atoms with Crippen molar-refractivity contribution in [1.29, 1.82) is 0 Å². The number of allylic oxidation sites excluding steroid dienone is 2. The fourth-order valence-electron chi connectivity index (χ4n) is 4.19. The minimum absolute atomic E-state index is 0.0130. The Bertz CT molecular complexity index is 781. The number of ether oxygens (including phenoxy) is 1. The van der Waals surface area contributed by atoms with E-state index in [0.29, 0.717) is 25.7 Å². The predicted octanol–water partition coefficient (Wildman–Crippen LogP) is 4.02. The summed E-state index contributed by atoms with van der Waals surface area (Å²) >= 11 is 0. The molecule has 0 aromatic heterocycles. The molecule has 0 amide bonds. The first-order valence-corrected chi connectivity index (χ1v) is 10.2. The third-order valence-electron chi connectivity index (χ3n) is 5.74. The van der Waals surface area contributed by atoms with Gasteiger partial charge in [0.2, 0.25) is 0 Å². The van der Waals surface area contributed by atoms with Gasteiger partial charge >= 0.3 is 5.97 Å². The quantitative estimate of drug-likeness (QED) is 0.353. The summed E-state index contributed by atoms with van der Waals surface area (Å²) in [5.41, 5.74) is 0.815. The van der Waals surface area contributed by atoms with Gasteiger partial charge in [-0.1, -0.05) is 30.7 Å². The van der Waals surface area contributed by atoms with E-state index in [1.165, 1.54) is 6.08 Å². The van der Waals surface area contributed by atoms with Crippen LogP contribution in [0.15, 0.2) is 23.8 Å². The smallest absolute Gasteiger partial charge is 0.305 e. The van der Waals surface area contributed by atoms with Crippen LogP contribution in [-0.4, -0.2) is 35.0 Å². The highest BCUT2D eigenvalue weighted by molar-refractivity contribution is 5.69. The van der Waals surface area contributed by atoms with Crippen LogP contribution in [0.4, 0.5) is 0 Å². The minimum Gasteiger partial charge on any atom is -0.466 e. The highest BCUT2D eigenvalue weighted by Gasteiger charge is 2.44. The lowest BCUT2D eigenvalue weighted by Gasteiger charge is -2.19. The van der Waals surface area contributed by atoms with Gasteiger partial charge in [0, 0.05) is 24.2 Å². The van der Waals surface area contributed by atoms with Gasteiger partial charge in [-0.3, -0.25) is 4.79 Å². The second-order valence-corrected chi connectivity index (χ2v) is 7.80. The van der Waals surface area contributed by atoms with Crippen LogP contribution in [0.3, 0.4) is 0 Å². The van der Waals surface area contributed by atoms with Gasteiger partial charge in [0.1, 0.15) is 0 Å². The Morgan fingerprint density at radius 3 is 2.96 bits per heavy atom. The molecule has 2 N–H and O–H groups in total. The van der Waals surface area contributed by atoms with Crippen LogP contribution in [0.25, 0.3) is 0 Å². The van der Waals surface area contributed by atoms with Gasteiger partial charge in [-0.15, -0.1) is 11.8 Å². The van der Waals surface area contributed by atoms with Gasteiger partial charge in [0.05, 0.1) is 18.8 Å². The molecule has 156 valence electrons. The van der Waals surface area contributed by atoms with Crippen LogP contribution in [0, 0.1) is 35.5 Å². The molecule has 2 fully saturated rings. The van der Waals surface area contributed by atoms with E-state index in [4.69, 9.17) is 10.2 Å². The molecular formula is C24H36O4. The van der Waals surface area contributed by atoms with E-state index in [1.54, 1.807) is 19.9 Å². The Hall–Kier alpha value is -1.57. The Morgan fingerprint density at radius 1 is 1.46 bits per heavy atom. The molecule has 6 atom stereocenters. The van der Waals surface area contributed by atoms with Crippen molar-refractivity contribution in [2.45, 2.75) is 77.8 Å². The van der Waals surface area contributed by atoms with Gasteiger partial charge in [-0.25, -0.2) is 0 Å². The zero-order chi connectivity index (χ0) is 24.1. The first kappa shape index (κ1) is 17.3. The van der Waals surface area contributed by atoms with Crippen LogP contribution in [-0.2, 0) is 9.53 Å². The van der Waals surface area contributed by atoms with Crippen LogP contribution >= 0.6 is 0 Å². The largest absolute Gasteiger partial charge is 0.466 e. The zero-order valence-corrected chi connectivity index (χ0v) is 17.1. The average molecular weight is 393 g/mol. The van der Waals surface area contributed by atoms with Crippen LogP contribution in [0.1, 0.15) is 71.1 Å². The number of aliphatic hydroxyl groups is 2. The molecule has 0 bridgehead atoms.